The number of hydrogen-bond donors (Lipinski definition) is 6. The minimum Gasteiger partial charge on any atom is -0.390 e. The van der Waals surface area contributed by atoms with Gasteiger partial charge in [-0.25, -0.2) is 0 Å². The third-order valence-electron chi connectivity index (χ3n) is 16.5. The van der Waals surface area contributed by atoms with Crippen LogP contribution in [0.1, 0.15) is 156 Å². The van der Waals surface area contributed by atoms with E-state index in [1.165, 1.54) is 80.6 Å². The molecule has 526 valence electrons. The third kappa shape index (κ3) is 24.9. The monoisotopic (exact) mass is 1320 g/mol. The lowest BCUT2D eigenvalue weighted by atomic mass is 9.91. The van der Waals surface area contributed by atoms with Crippen LogP contribution in [0.15, 0.2) is 17.1 Å². The van der Waals surface area contributed by atoms with Crippen LogP contribution in [-0.4, -0.2) is 251 Å². The summed E-state index contributed by atoms with van der Waals surface area (Å²) in [6, 6.07) is -12.7. The Labute approximate surface area is 554 Å². The Balaban J connectivity index is 4.50. The number of amides is 11. The molecule has 0 spiro atoms. The van der Waals surface area contributed by atoms with E-state index >= 15 is 28.8 Å². The highest BCUT2D eigenvalue weighted by atomic mass is 32.2. The summed E-state index contributed by atoms with van der Waals surface area (Å²) in [6.07, 6.45) is 4.47. The number of carbonyl (C=O) groups excluding carboxylic acids is 11. The zero-order valence-electron chi connectivity index (χ0n) is 60.3. The first kappa shape index (κ1) is 83.7. The molecule has 1 heterocycles. The topological polar surface area (TPSA) is 303 Å². The van der Waals surface area contributed by atoms with E-state index in [1.54, 1.807) is 79.9 Å². The molecule has 0 aromatic rings. The minimum absolute atomic E-state index is 0.0147. The van der Waals surface area contributed by atoms with Gasteiger partial charge in [-0.15, -0.1) is 11.8 Å². The molecule has 6 N–H and O–H groups in total. The number of aliphatic hydroxyl groups excluding tert-OH is 1. The lowest BCUT2D eigenvalue weighted by molar-refractivity contribution is -0.157. The van der Waals surface area contributed by atoms with E-state index in [0.29, 0.717) is 6.42 Å². The molecule has 0 bridgehead atoms. The first-order chi connectivity index (χ1) is 42.6. The average Bonchev–Trinajstić information content (AvgIpc) is 0.810. The van der Waals surface area contributed by atoms with Crippen LogP contribution >= 0.6 is 11.8 Å². The third-order valence-corrected chi connectivity index (χ3v) is 17.8. The largest absolute Gasteiger partial charge is 0.390 e. The molecule has 13 atom stereocenters. The van der Waals surface area contributed by atoms with Gasteiger partial charge >= 0.3 is 0 Å². The van der Waals surface area contributed by atoms with Gasteiger partial charge in [0.05, 0.1) is 12.4 Å². The van der Waals surface area contributed by atoms with Crippen LogP contribution in [-0.2, 0) is 52.7 Å². The summed E-state index contributed by atoms with van der Waals surface area (Å²) in [7, 11) is 12.1. The van der Waals surface area contributed by atoms with Crippen LogP contribution in [0.2, 0.25) is 0 Å². The molecule has 1 aliphatic heterocycles. The van der Waals surface area contributed by atoms with Crippen molar-refractivity contribution in [3.8, 4) is 0 Å². The summed E-state index contributed by atoms with van der Waals surface area (Å²) in [5, 5.41) is 24.8. The second-order valence-corrected chi connectivity index (χ2v) is 28.8. The zero-order chi connectivity index (χ0) is 71.1. The van der Waals surface area contributed by atoms with Gasteiger partial charge < -0.3 is 66.0 Å². The van der Waals surface area contributed by atoms with Crippen LogP contribution in [0.4, 0.5) is 0 Å². The van der Waals surface area contributed by atoms with Crippen molar-refractivity contribution in [2.45, 2.75) is 228 Å². The van der Waals surface area contributed by atoms with E-state index in [0.717, 1.165) is 16.7 Å². The maximum atomic E-state index is 15.3. The van der Waals surface area contributed by atoms with Crippen LogP contribution in [0.3, 0.4) is 0 Å². The van der Waals surface area contributed by atoms with Crippen molar-refractivity contribution in [2.75, 3.05) is 68.7 Å². The van der Waals surface area contributed by atoms with Crippen LogP contribution in [0, 0.1) is 41.4 Å². The van der Waals surface area contributed by atoms with E-state index < -0.39 is 155 Å². The molecule has 26 heteroatoms. The molecule has 0 aliphatic carbocycles. The van der Waals surface area contributed by atoms with E-state index in [9.17, 15) is 29.1 Å². The molecule has 1 fully saturated rings. The number of aliphatic hydroxyl groups is 1. The molecule has 0 aromatic heterocycles. The predicted octanol–water partition coefficient (Wildman–Crippen LogP) is 3.58. The quantitative estimate of drug-likeness (QED) is 0.0440. The zero-order valence-corrected chi connectivity index (χ0v) is 61.1. The molecule has 92 heavy (non-hydrogen) atoms. The van der Waals surface area contributed by atoms with Crippen molar-refractivity contribution < 1.29 is 57.8 Å². The second kappa shape index (κ2) is 39.4. The molecule has 1 rings (SSSR count). The highest BCUT2D eigenvalue weighted by molar-refractivity contribution is 8.00. The number of thioether (sulfide) groups is 1. The number of nitrogens with one attached hydrogen (secondary N) is 5. The number of rotatable bonds is 20. The van der Waals surface area contributed by atoms with Gasteiger partial charge in [-0.2, -0.15) is 0 Å². The number of allylic oxidation sites excluding steroid dienone is 2. The first-order valence-electron chi connectivity index (χ1n) is 32.8. The van der Waals surface area contributed by atoms with Crippen LogP contribution < -0.4 is 26.6 Å². The van der Waals surface area contributed by atoms with Crippen molar-refractivity contribution in [3.05, 3.63) is 12.2 Å². The molecular formula is C66H119N13O12S. The highest BCUT2D eigenvalue weighted by Crippen LogP contribution is 2.27. The predicted molar refractivity (Wildman–Crippen MR) is 362 cm³/mol. The summed E-state index contributed by atoms with van der Waals surface area (Å²) in [5.41, 5.74) is 0. The van der Waals surface area contributed by atoms with E-state index in [2.05, 4.69) is 31.6 Å². The standard InChI is InChI=1S/C66H119N13O12S/c1-26-28-29-43(15)54(80)53-59(85)70-46(27-2)61(87)79(25)66(92-31-30-67-36-73(18)19)65(91)74(20)48(33-38(5)6)57(83)72-51(41(11)12)58(84)71-47(32-37(3)4)56(82)68-44(16)55(81)69-45(17)60(86)75(21)49(34-39(7)8)62(88)76(22)50(35-40(9)10)63(89)77(23)52(42(13)14)64(90)78(53)24/h26,28,36-54,66,80H,27,29-35H2,1-25H3,(H,68,82)(H,69,81)(H,70,85)(H,71,84)(H,72,83)/t43-,44+,45-,46+,47+,48+,49+,50+,51+,52+,53+,54-,66-/m1/s1. The SMILES string of the molecule is CC=CC[C@@H](C)[C@@H](O)[C@H]1C(=O)N[C@@H](CC)C(=O)N(C)[C@H](SCCN=CN(C)C)C(=O)N(C)[C@@H](CC(C)C)C(=O)N[C@@H](C(C)C)C(=O)N[C@@H](CC(C)C)C(=O)N[C@@H](C)C(=O)N[C@H](C)C(=O)N(C)[C@@H](CC(C)C)C(=O)N(C)[C@@H](CC(C)C)C(=O)N(C)[C@@H](C(C)C)C(=O)N1C. The number of nitrogens with zero attached hydrogens (tertiary/aromatic N) is 8. The Bertz CT molecular complexity index is 2530. The van der Waals surface area contributed by atoms with E-state index in [4.69, 9.17) is 0 Å². The van der Waals surface area contributed by atoms with Gasteiger partial charge in [-0.3, -0.25) is 57.7 Å². The number of carbonyl (C=O) groups is 11. The minimum atomic E-state index is -1.65. The van der Waals surface area contributed by atoms with Crippen LogP contribution in [0.5, 0.6) is 0 Å². The lowest BCUT2D eigenvalue weighted by Crippen LogP contribution is -2.64. The average molecular weight is 1320 g/mol. The summed E-state index contributed by atoms with van der Waals surface area (Å²) in [5.74, 6) is -9.94. The Morgan fingerprint density at radius 2 is 0.967 bits per heavy atom. The van der Waals surface area contributed by atoms with Gasteiger partial charge in [-0.1, -0.05) is 109 Å². The number of likely N-dealkylation sites (N-methyl/N-ethyl adjacent to an activating group) is 6. The molecule has 1 aliphatic rings. The molecular weight excluding hydrogens is 1200 g/mol. The Kier molecular flexibility index (Phi) is 35.9. The molecule has 11 amide bonds. The summed E-state index contributed by atoms with van der Waals surface area (Å²) in [4.78, 5) is 176. The molecule has 0 radical (unpaired) electrons. The van der Waals surface area contributed by atoms with Gasteiger partial charge in [0.2, 0.25) is 59.1 Å². The number of hydrogen-bond acceptors (Lipinski definition) is 14. The van der Waals surface area contributed by atoms with E-state index in [1.807, 2.05) is 61.5 Å². The lowest BCUT2D eigenvalue weighted by Gasteiger charge is -2.41. The van der Waals surface area contributed by atoms with Gasteiger partial charge in [-0.05, 0) is 101 Å². The van der Waals surface area contributed by atoms with Crippen LogP contribution in [0.25, 0.3) is 0 Å². The Morgan fingerprint density at radius 3 is 1.45 bits per heavy atom. The Hall–Kier alpha value is -6.31. The van der Waals surface area contributed by atoms with E-state index in [-0.39, 0.29) is 68.1 Å². The molecule has 0 saturated carbocycles. The fraction of sp³-hybridized carbons (Fsp3) is 0.788. The van der Waals surface area contributed by atoms with Gasteiger partial charge in [0, 0.05) is 68.7 Å². The van der Waals surface area contributed by atoms with Crippen molar-refractivity contribution >= 4 is 83.1 Å². The van der Waals surface area contributed by atoms with Crippen molar-refractivity contribution in [1.29, 1.82) is 0 Å². The first-order valence-corrected chi connectivity index (χ1v) is 33.8. The smallest absolute Gasteiger partial charge is 0.256 e. The fourth-order valence-corrected chi connectivity index (χ4v) is 12.1. The Morgan fingerprint density at radius 1 is 0.500 bits per heavy atom. The van der Waals surface area contributed by atoms with Crippen molar-refractivity contribution in [1.82, 2.24) is 60.9 Å². The molecule has 1 saturated heterocycles. The normalized spacial score (nSPS) is 26.5. The summed E-state index contributed by atoms with van der Waals surface area (Å²) >= 11 is 1.08. The molecule has 0 unspecified atom stereocenters. The van der Waals surface area contributed by atoms with Crippen molar-refractivity contribution in [3.63, 3.8) is 0 Å². The van der Waals surface area contributed by atoms with Gasteiger partial charge in [0.15, 0.2) is 5.37 Å². The summed E-state index contributed by atoms with van der Waals surface area (Å²) < 4.78 is 0. The summed E-state index contributed by atoms with van der Waals surface area (Å²) in [6.45, 7) is 30.0. The molecule has 0 aromatic carbocycles. The maximum absolute atomic E-state index is 15.3. The van der Waals surface area contributed by atoms with Gasteiger partial charge in [0.25, 0.3) is 5.91 Å². The number of aliphatic imine (C=N–C) groups is 1. The van der Waals surface area contributed by atoms with Gasteiger partial charge in [0.1, 0.15) is 60.4 Å². The molecule has 25 nitrogen and oxygen atoms in total. The second-order valence-electron chi connectivity index (χ2n) is 27.6. The maximum Gasteiger partial charge on any atom is 0.256 e. The van der Waals surface area contributed by atoms with Crippen molar-refractivity contribution in [2.24, 2.45) is 46.4 Å². The fourth-order valence-electron chi connectivity index (χ4n) is 11.1. The highest BCUT2D eigenvalue weighted by Gasteiger charge is 2.46.